The van der Waals surface area contributed by atoms with Gasteiger partial charge in [-0.3, -0.25) is 0 Å². The van der Waals surface area contributed by atoms with Crippen molar-refractivity contribution in [3.63, 3.8) is 0 Å². The van der Waals surface area contributed by atoms with Crippen LogP contribution in [0.25, 0.3) is 0 Å². The quantitative estimate of drug-likeness (QED) is 0.408. The van der Waals surface area contributed by atoms with Gasteiger partial charge in [-0.15, -0.1) is 0 Å². The molecule has 0 saturated carbocycles. The lowest BCUT2D eigenvalue weighted by Gasteiger charge is -1.61. The smallest absolute Gasteiger partial charge is 0.136 e. The first-order valence-corrected chi connectivity index (χ1v) is 0.723. The largest absolute Gasteiger partial charge is 0.302 e. The predicted octanol–water partition coefficient (Wildman–Crippen LogP) is 0.834. The number of hydrogen-bond donors (Lipinski definition) is 0. The van der Waals surface area contributed by atoms with Gasteiger partial charge >= 0.3 is 0 Å². The van der Waals surface area contributed by atoms with Gasteiger partial charge in [-0.1, -0.05) is 0 Å². The molecule has 0 aromatic heterocycles. The summed E-state index contributed by atoms with van der Waals surface area (Å²) in [6, 6.07) is 0. The summed E-state index contributed by atoms with van der Waals surface area (Å²) in [7, 11) is 0. The Kier molecular flexibility index (Phi) is 2.14. The molecule has 23 valence electrons. The van der Waals surface area contributed by atoms with Gasteiger partial charge in [0.25, 0.3) is 0 Å². The Balaban J connectivity index is 2.30. The minimum atomic E-state index is 0.458. The van der Waals surface area contributed by atoms with Crippen LogP contribution < -0.4 is 0 Å². The van der Waals surface area contributed by atoms with Crippen molar-refractivity contribution in [1.29, 1.82) is 0 Å². The Hall–Kier alpha value is -0.530. The molecule has 4 heavy (non-hydrogen) atoms. The van der Waals surface area contributed by atoms with E-state index < -0.39 is 0 Å². The van der Waals surface area contributed by atoms with E-state index in [2.05, 4.69) is 11.5 Å². The van der Waals surface area contributed by atoms with Gasteiger partial charge in [0.1, 0.15) is 6.26 Å². The summed E-state index contributed by atoms with van der Waals surface area (Å²) in [5, 5.41) is 0. The third kappa shape index (κ3) is 1.47. The molecular formula is C2H2FO. The molecule has 0 aromatic rings. The lowest BCUT2D eigenvalue weighted by molar-refractivity contribution is -0.0616. The van der Waals surface area contributed by atoms with Gasteiger partial charge in [-0.25, -0.2) is 0 Å². The molecule has 0 spiro atoms. The molecule has 0 amide bonds. The summed E-state index contributed by atoms with van der Waals surface area (Å²) >= 11 is 0. The lowest BCUT2D eigenvalue weighted by atomic mass is 11.2. The van der Waals surface area contributed by atoms with Crippen molar-refractivity contribution in [3.05, 3.63) is 12.8 Å². The molecule has 2 heteroatoms. The second kappa shape index (κ2) is 2.47. The molecule has 0 rings (SSSR count). The summed E-state index contributed by atoms with van der Waals surface area (Å²) in [5.74, 6) is 0. The van der Waals surface area contributed by atoms with Crippen LogP contribution in [0.15, 0.2) is 6.26 Å². The Morgan fingerprint density at radius 2 is 2.25 bits per heavy atom. The third-order valence-electron chi connectivity index (χ3n) is 0.0514. The zero-order chi connectivity index (χ0) is 3.41. The molecule has 0 fully saturated rings. The van der Waals surface area contributed by atoms with Gasteiger partial charge in [0, 0.05) is 4.53 Å². The molecule has 0 aromatic carbocycles. The highest BCUT2D eigenvalue weighted by atomic mass is 19.3. The van der Waals surface area contributed by atoms with Gasteiger partial charge in [-0.05, 0) is 6.58 Å². The molecule has 0 aliphatic heterocycles. The van der Waals surface area contributed by atoms with E-state index in [1.165, 1.54) is 0 Å². The van der Waals surface area contributed by atoms with E-state index in [-0.39, 0.29) is 0 Å². The molecule has 1 radical (unpaired) electrons. The second-order valence-electron chi connectivity index (χ2n) is 0.225. The Labute approximate surface area is 23.6 Å². The van der Waals surface area contributed by atoms with E-state index >= 15 is 0 Å². The first-order chi connectivity index (χ1) is 1.91. The highest BCUT2D eigenvalue weighted by Crippen LogP contribution is 1.63. The van der Waals surface area contributed by atoms with Crippen LogP contribution in [0.2, 0.25) is 0 Å². The van der Waals surface area contributed by atoms with Crippen LogP contribution in [0.5, 0.6) is 0 Å². The first-order valence-electron chi connectivity index (χ1n) is 0.723. The minimum absolute atomic E-state index is 0.458. The Morgan fingerprint density at radius 1 is 2.00 bits per heavy atom. The van der Waals surface area contributed by atoms with Crippen molar-refractivity contribution in [2.45, 2.75) is 0 Å². The maximum absolute atomic E-state index is 10.0. The fourth-order valence-electron chi connectivity index (χ4n) is 0. The van der Waals surface area contributed by atoms with Gasteiger partial charge < -0.3 is 4.94 Å². The van der Waals surface area contributed by atoms with Crippen molar-refractivity contribution in [3.8, 4) is 0 Å². The minimum Gasteiger partial charge on any atom is -0.302 e. The normalized spacial score (nSPS) is 5.25. The molecular weight excluding hydrogens is 59.0 g/mol. The summed E-state index contributed by atoms with van der Waals surface area (Å²) in [5.41, 5.74) is 0. The number of halogens is 1. The second-order valence-corrected chi connectivity index (χ2v) is 0.225. The fourth-order valence-corrected chi connectivity index (χ4v) is 0. The first kappa shape index (κ1) is 3.47. The third-order valence-corrected chi connectivity index (χ3v) is 0.0514. The van der Waals surface area contributed by atoms with Gasteiger partial charge in [0.2, 0.25) is 0 Å². The molecule has 1 nitrogen and oxygen atoms in total. The number of rotatable bonds is 1. The maximum Gasteiger partial charge on any atom is 0.136 e. The van der Waals surface area contributed by atoms with Crippen molar-refractivity contribution in [2.24, 2.45) is 0 Å². The molecule has 0 bridgehead atoms. The zero-order valence-corrected chi connectivity index (χ0v) is 1.94. The summed E-state index contributed by atoms with van der Waals surface area (Å²) in [4.78, 5) is 2.69. The van der Waals surface area contributed by atoms with Crippen LogP contribution in [-0.4, -0.2) is 0 Å². The average Bonchev–Trinajstić information content (AvgIpc) is 1.37. The molecule has 0 aliphatic carbocycles. The van der Waals surface area contributed by atoms with Crippen LogP contribution in [0.3, 0.4) is 0 Å². The van der Waals surface area contributed by atoms with Crippen LogP contribution in [0, 0.1) is 6.58 Å². The Morgan fingerprint density at radius 3 is 2.25 bits per heavy atom. The topological polar surface area (TPSA) is 9.23 Å². The van der Waals surface area contributed by atoms with Crippen molar-refractivity contribution >= 4 is 0 Å². The highest BCUT2D eigenvalue weighted by Gasteiger charge is 1.44. The van der Waals surface area contributed by atoms with Crippen molar-refractivity contribution in [2.75, 3.05) is 0 Å². The van der Waals surface area contributed by atoms with E-state index in [1.54, 1.807) is 0 Å². The van der Waals surface area contributed by atoms with Crippen LogP contribution in [0.1, 0.15) is 0 Å². The predicted molar refractivity (Wildman–Crippen MR) is 11.1 cm³/mol. The molecule has 0 atom stereocenters. The van der Waals surface area contributed by atoms with Gasteiger partial charge in [0.15, 0.2) is 0 Å². The van der Waals surface area contributed by atoms with Crippen LogP contribution in [-0.2, 0) is 4.94 Å². The fraction of sp³-hybridized carbons (Fsp3) is 0. The SMILES string of the molecule is [CH]=COF. The summed E-state index contributed by atoms with van der Waals surface area (Å²) in [6.45, 7) is 4.31. The summed E-state index contributed by atoms with van der Waals surface area (Å²) < 4.78 is 10.0. The lowest BCUT2D eigenvalue weighted by Crippen LogP contribution is -1.42. The van der Waals surface area contributed by atoms with Gasteiger partial charge in [-0.2, -0.15) is 0 Å². The van der Waals surface area contributed by atoms with Crippen molar-refractivity contribution in [1.82, 2.24) is 0 Å². The van der Waals surface area contributed by atoms with E-state index in [0.717, 1.165) is 0 Å². The monoisotopic (exact) mass is 61.0 g/mol. The van der Waals surface area contributed by atoms with E-state index in [4.69, 9.17) is 0 Å². The highest BCUT2D eigenvalue weighted by molar-refractivity contribution is 4.32. The van der Waals surface area contributed by atoms with Gasteiger partial charge in [0.05, 0.1) is 0 Å². The zero-order valence-electron chi connectivity index (χ0n) is 1.94. The summed E-state index contributed by atoms with van der Waals surface area (Å²) in [6.07, 6.45) is 0.458. The molecule has 0 N–H and O–H groups in total. The van der Waals surface area contributed by atoms with Crippen LogP contribution >= 0.6 is 0 Å². The molecule has 0 saturated heterocycles. The number of hydrogen-bond acceptors (Lipinski definition) is 1. The molecule has 0 heterocycles. The van der Waals surface area contributed by atoms with E-state index in [0.29, 0.717) is 6.26 Å². The maximum atomic E-state index is 10.0. The van der Waals surface area contributed by atoms with Crippen molar-refractivity contribution < 1.29 is 9.47 Å². The Bertz CT molecular complexity index is 20.0. The van der Waals surface area contributed by atoms with E-state index in [1.807, 2.05) is 0 Å². The standard InChI is InChI=1S/C2H2FO/c1-2-4-3/h1-2H. The molecule has 0 aliphatic rings. The molecule has 0 unspecified atom stereocenters. The van der Waals surface area contributed by atoms with Crippen LogP contribution in [0.4, 0.5) is 4.53 Å². The average molecular weight is 61.0 g/mol. The van der Waals surface area contributed by atoms with E-state index in [9.17, 15) is 4.53 Å².